The molecule has 2 aromatic rings. The van der Waals surface area contributed by atoms with Crippen LogP contribution >= 0.6 is 23.5 Å². The van der Waals surface area contributed by atoms with Crippen molar-refractivity contribution >= 4 is 23.5 Å². The van der Waals surface area contributed by atoms with E-state index in [1.54, 1.807) is 23.5 Å². The largest absolute Gasteiger partial charge is 0.507 e. The molecule has 5 unspecified atom stereocenters. The fourth-order valence-electron chi connectivity index (χ4n) is 5.56. The van der Waals surface area contributed by atoms with E-state index in [4.69, 9.17) is 9.47 Å². The normalized spacial score (nSPS) is 23.5. The summed E-state index contributed by atoms with van der Waals surface area (Å²) < 4.78 is 11.6. The van der Waals surface area contributed by atoms with Gasteiger partial charge in [-0.2, -0.15) is 0 Å². The Morgan fingerprint density at radius 2 is 0.957 bits per heavy atom. The number of aliphatic hydroxyl groups is 4. The molecule has 1 heterocycles. The molecule has 0 aromatic heterocycles. The molecule has 46 heavy (non-hydrogen) atoms. The van der Waals surface area contributed by atoms with Gasteiger partial charge in [-0.3, -0.25) is 0 Å². The highest BCUT2D eigenvalue weighted by molar-refractivity contribution is 8.18. The number of aliphatic hydroxyl groups excluding tert-OH is 4. The molecule has 1 aliphatic rings. The zero-order valence-electron chi connectivity index (χ0n) is 30.3. The maximum atomic E-state index is 11.3. The van der Waals surface area contributed by atoms with Gasteiger partial charge in [-0.05, 0) is 59.8 Å². The topological polar surface area (TPSA) is 120 Å². The highest BCUT2D eigenvalue weighted by Crippen LogP contribution is 2.51. The quantitative estimate of drug-likeness (QED) is 0.151. The van der Waals surface area contributed by atoms with Crippen molar-refractivity contribution < 1.29 is 35.0 Å². The highest BCUT2D eigenvalue weighted by atomic mass is 32.2. The minimum atomic E-state index is -1.62. The molecule has 0 saturated carbocycles. The van der Waals surface area contributed by atoms with E-state index in [0.717, 1.165) is 32.0 Å². The van der Waals surface area contributed by atoms with E-state index in [1.807, 2.05) is 0 Å². The summed E-state index contributed by atoms with van der Waals surface area (Å²) in [5.74, 6) is 1.06. The van der Waals surface area contributed by atoms with Crippen LogP contribution in [0.4, 0.5) is 0 Å². The number of ether oxygens (including phenoxy) is 2. The first-order chi connectivity index (χ1) is 20.6. The summed E-state index contributed by atoms with van der Waals surface area (Å²) in [5, 5.41) is 52.0. The molecule has 0 radical (unpaired) electrons. The number of hydrogen-bond acceptors (Lipinski definition) is 9. The van der Waals surface area contributed by atoms with Crippen LogP contribution in [0.15, 0.2) is 34.1 Å². The molecule has 5 atom stereocenters. The Bertz CT molecular complexity index is 1310. The van der Waals surface area contributed by atoms with Gasteiger partial charge in [0.2, 0.25) is 0 Å². The van der Waals surface area contributed by atoms with Crippen molar-refractivity contribution in [1.29, 1.82) is 0 Å². The minimum absolute atomic E-state index is 0.116. The van der Waals surface area contributed by atoms with Crippen molar-refractivity contribution in [2.24, 2.45) is 0 Å². The van der Waals surface area contributed by atoms with Crippen LogP contribution in [0.5, 0.6) is 11.5 Å². The van der Waals surface area contributed by atoms with Gasteiger partial charge in [0.1, 0.15) is 42.5 Å². The highest BCUT2D eigenvalue weighted by Gasteiger charge is 2.43. The van der Waals surface area contributed by atoms with E-state index in [9.17, 15) is 25.5 Å². The predicted molar refractivity (Wildman–Crippen MR) is 190 cm³/mol. The molecule has 0 bridgehead atoms. The molecule has 0 spiro atoms. The molecular formula is C37H58O7S2. The van der Waals surface area contributed by atoms with Crippen LogP contribution in [0.1, 0.15) is 119 Å². The first-order valence-corrected chi connectivity index (χ1v) is 17.7. The van der Waals surface area contributed by atoms with Gasteiger partial charge in [-0.15, -0.1) is 23.5 Å². The number of phenols is 1. The fourth-order valence-corrected chi connectivity index (χ4v) is 8.15. The summed E-state index contributed by atoms with van der Waals surface area (Å²) in [4.78, 5) is 2.20. The average molecular weight is 679 g/mol. The molecule has 3 rings (SSSR count). The van der Waals surface area contributed by atoms with Crippen molar-refractivity contribution in [3.8, 4) is 11.5 Å². The molecule has 0 amide bonds. The van der Waals surface area contributed by atoms with E-state index in [2.05, 4.69) is 121 Å². The van der Waals surface area contributed by atoms with Gasteiger partial charge in [0.15, 0.2) is 6.29 Å². The smallest absolute Gasteiger partial charge is 0.184 e. The number of benzene rings is 2. The van der Waals surface area contributed by atoms with Crippen LogP contribution in [0.3, 0.4) is 0 Å². The van der Waals surface area contributed by atoms with E-state index in [0.29, 0.717) is 11.5 Å². The molecule has 5 N–H and O–H groups in total. The first-order valence-electron chi connectivity index (χ1n) is 16.1. The van der Waals surface area contributed by atoms with Crippen molar-refractivity contribution in [1.82, 2.24) is 0 Å². The van der Waals surface area contributed by atoms with Crippen LogP contribution in [0.25, 0.3) is 0 Å². The molecule has 1 fully saturated rings. The summed E-state index contributed by atoms with van der Waals surface area (Å²) in [5.41, 5.74) is 2.83. The summed E-state index contributed by atoms with van der Waals surface area (Å²) in [7, 11) is 0. The number of rotatable bonds is 7. The van der Waals surface area contributed by atoms with Gasteiger partial charge in [-0.25, -0.2) is 0 Å². The van der Waals surface area contributed by atoms with Crippen molar-refractivity contribution in [3.05, 3.63) is 46.5 Å². The van der Waals surface area contributed by atoms with Crippen LogP contribution in [0.2, 0.25) is 0 Å². The minimum Gasteiger partial charge on any atom is -0.507 e. The molecule has 1 saturated heterocycles. The first kappa shape index (κ1) is 39.0. The van der Waals surface area contributed by atoms with Gasteiger partial charge in [-0.1, -0.05) is 83.1 Å². The Hall–Kier alpha value is -1.46. The third kappa shape index (κ3) is 9.16. The van der Waals surface area contributed by atoms with E-state index < -0.39 is 30.7 Å². The summed E-state index contributed by atoms with van der Waals surface area (Å²) >= 11 is 3.55. The zero-order valence-corrected chi connectivity index (χ0v) is 31.9. The molecule has 260 valence electrons. The lowest BCUT2D eigenvalue weighted by molar-refractivity contribution is -0.285. The maximum absolute atomic E-state index is 11.3. The summed E-state index contributed by atoms with van der Waals surface area (Å²) in [6.07, 6.45) is -7.21. The van der Waals surface area contributed by atoms with Crippen LogP contribution in [-0.4, -0.2) is 66.9 Å². The lowest BCUT2D eigenvalue weighted by Gasteiger charge is -2.39. The van der Waals surface area contributed by atoms with Crippen LogP contribution < -0.4 is 4.74 Å². The molecule has 2 aromatic carbocycles. The van der Waals surface area contributed by atoms with Crippen molar-refractivity contribution in [2.75, 3.05) is 6.61 Å². The third-order valence-corrected chi connectivity index (χ3v) is 10.6. The second-order valence-electron chi connectivity index (χ2n) is 17.2. The summed E-state index contributed by atoms with van der Waals surface area (Å²) in [6.45, 7) is 29.9. The van der Waals surface area contributed by atoms with Gasteiger partial charge < -0.3 is 35.0 Å². The van der Waals surface area contributed by atoms with Crippen molar-refractivity contribution in [2.45, 2.75) is 163 Å². The van der Waals surface area contributed by atoms with Gasteiger partial charge >= 0.3 is 0 Å². The van der Waals surface area contributed by atoms with Gasteiger partial charge in [0.25, 0.3) is 0 Å². The van der Waals surface area contributed by atoms with E-state index in [1.165, 1.54) is 0 Å². The number of hydrogen-bond donors (Lipinski definition) is 5. The molecule has 7 nitrogen and oxygen atoms in total. The summed E-state index contributed by atoms with van der Waals surface area (Å²) in [6, 6.07) is 8.59. The Kier molecular flexibility index (Phi) is 11.4. The molecular weight excluding hydrogens is 621 g/mol. The lowest BCUT2D eigenvalue weighted by atomic mass is 9.79. The zero-order chi connectivity index (χ0) is 35.4. The second-order valence-corrected chi connectivity index (χ2v) is 20.8. The maximum Gasteiger partial charge on any atom is 0.184 e. The van der Waals surface area contributed by atoms with Crippen LogP contribution in [0, 0.1) is 0 Å². The lowest BCUT2D eigenvalue weighted by Crippen LogP contribution is -2.58. The predicted octanol–water partition coefficient (Wildman–Crippen LogP) is 7.38. The third-order valence-electron chi connectivity index (χ3n) is 8.18. The fraction of sp³-hybridized carbons (Fsp3) is 0.676. The van der Waals surface area contributed by atoms with Gasteiger partial charge in [0.05, 0.1) is 4.08 Å². The Labute approximate surface area is 285 Å². The van der Waals surface area contributed by atoms with E-state index in [-0.39, 0.29) is 32.3 Å². The Balaban J connectivity index is 2.03. The van der Waals surface area contributed by atoms with E-state index >= 15 is 0 Å². The molecule has 0 aliphatic carbocycles. The number of aromatic hydroxyl groups is 1. The van der Waals surface area contributed by atoms with Crippen molar-refractivity contribution in [3.63, 3.8) is 0 Å². The Morgan fingerprint density at radius 1 is 0.587 bits per heavy atom. The monoisotopic (exact) mass is 678 g/mol. The second kappa shape index (κ2) is 13.4. The Morgan fingerprint density at radius 3 is 1.33 bits per heavy atom. The average Bonchev–Trinajstić information content (AvgIpc) is 2.87. The number of thioether (sulfide) groups is 2. The number of phenolic OH excluding ortho intramolecular Hbond substituents is 1. The standard InChI is InChI=1S/C37H58O7S2/c1-33(2,3)22-15-20(16-23(27(22)38)34(4,5)6)45-37(13,14)46-21-17-24(35(7,8)9)31(25(18-21)36(10,11)12)43-19-26-28(39)29(40)30(41)32(42)44-26/h15-18,26,28-30,32,38-42H,19H2,1-14H3. The molecule has 1 aliphatic heterocycles. The SMILES string of the molecule is CC(C)(Sc1cc(C(C)(C)C)c(O)c(C(C)(C)C)c1)Sc1cc(C(C)(C)C)c(OCC2OC(O)C(O)C(O)C2O)c(C(C)(C)C)c1. The molecule has 9 heteroatoms. The van der Waals surface area contributed by atoms with Crippen LogP contribution in [-0.2, 0) is 26.4 Å². The van der Waals surface area contributed by atoms with Gasteiger partial charge in [0, 0.05) is 32.0 Å².